The minimum absolute atomic E-state index is 0.139. The van der Waals surface area contributed by atoms with E-state index < -0.39 is 0 Å². The maximum absolute atomic E-state index is 13.6. The van der Waals surface area contributed by atoms with Gasteiger partial charge in [0, 0.05) is 24.3 Å². The van der Waals surface area contributed by atoms with Crippen molar-refractivity contribution >= 4 is 28.4 Å². The summed E-state index contributed by atoms with van der Waals surface area (Å²) in [5, 5.41) is 3.36. The van der Waals surface area contributed by atoms with Gasteiger partial charge < -0.3 is 15.0 Å². The van der Waals surface area contributed by atoms with Gasteiger partial charge in [-0.15, -0.1) is 0 Å². The van der Waals surface area contributed by atoms with E-state index >= 15 is 0 Å². The number of anilines is 2. The number of aryl methyl sites for hydroxylation is 1. The second kappa shape index (κ2) is 9.02. The molecule has 0 unspecified atom stereocenters. The second-order valence-electron chi connectivity index (χ2n) is 8.50. The fraction of sp³-hybridized carbons (Fsp3) is 0.222. The molecule has 1 fully saturated rings. The molecule has 3 aromatic carbocycles. The van der Waals surface area contributed by atoms with E-state index in [4.69, 9.17) is 9.72 Å². The van der Waals surface area contributed by atoms with Crippen LogP contribution < -0.4 is 20.5 Å². The first-order valence-electron chi connectivity index (χ1n) is 11.4. The first-order valence-corrected chi connectivity index (χ1v) is 11.4. The molecule has 7 nitrogen and oxygen atoms in total. The van der Waals surface area contributed by atoms with Crippen LogP contribution in [0.1, 0.15) is 28.8 Å². The van der Waals surface area contributed by atoms with Gasteiger partial charge in [0.25, 0.3) is 11.5 Å². The Bertz CT molecular complexity index is 1420. The number of hydrogen-bond donors (Lipinski definition) is 1. The first-order chi connectivity index (χ1) is 16.5. The van der Waals surface area contributed by atoms with E-state index in [1.54, 1.807) is 54.1 Å². The molecule has 0 saturated carbocycles. The van der Waals surface area contributed by atoms with E-state index in [-0.39, 0.29) is 11.5 Å². The number of carbonyl (C=O) groups excluding carboxylic acids is 1. The molecule has 1 aliphatic heterocycles. The summed E-state index contributed by atoms with van der Waals surface area (Å²) in [5.41, 5.74) is 3.34. The van der Waals surface area contributed by atoms with Crippen molar-refractivity contribution in [2.75, 3.05) is 30.4 Å². The lowest BCUT2D eigenvalue weighted by atomic mass is 10.1. The highest BCUT2D eigenvalue weighted by atomic mass is 16.5. The monoisotopic (exact) mass is 454 g/mol. The van der Waals surface area contributed by atoms with Crippen LogP contribution >= 0.6 is 0 Å². The van der Waals surface area contributed by atoms with Crippen molar-refractivity contribution in [3.8, 4) is 11.4 Å². The quantitative estimate of drug-likeness (QED) is 0.479. The lowest BCUT2D eigenvalue weighted by Gasteiger charge is -2.22. The lowest BCUT2D eigenvalue weighted by molar-refractivity contribution is 0.102. The van der Waals surface area contributed by atoms with Gasteiger partial charge >= 0.3 is 0 Å². The Balaban J connectivity index is 1.57. The number of ether oxygens (including phenoxy) is 1. The molecule has 0 aliphatic carbocycles. The van der Waals surface area contributed by atoms with Crippen LogP contribution in [0.3, 0.4) is 0 Å². The van der Waals surface area contributed by atoms with Gasteiger partial charge in [-0.1, -0.05) is 12.1 Å². The summed E-state index contributed by atoms with van der Waals surface area (Å²) < 4.78 is 6.86. The first kappa shape index (κ1) is 21.7. The Morgan fingerprint density at radius 2 is 1.76 bits per heavy atom. The van der Waals surface area contributed by atoms with Crippen LogP contribution in [0.25, 0.3) is 16.6 Å². The number of methoxy groups -OCH3 is 1. The molecule has 0 spiro atoms. The van der Waals surface area contributed by atoms with E-state index in [9.17, 15) is 9.59 Å². The highest BCUT2D eigenvalue weighted by Gasteiger charge is 2.22. The zero-order valence-electron chi connectivity index (χ0n) is 19.2. The zero-order valence-corrected chi connectivity index (χ0v) is 19.2. The van der Waals surface area contributed by atoms with Crippen molar-refractivity contribution in [3.05, 3.63) is 88.2 Å². The molecular weight excluding hydrogens is 428 g/mol. The van der Waals surface area contributed by atoms with Crippen molar-refractivity contribution < 1.29 is 9.53 Å². The van der Waals surface area contributed by atoms with Gasteiger partial charge in [-0.25, -0.2) is 9.55 Å². The highest BCUT2D eigenvalue weighted by Crippen LogP contribution is 2.24. The molecule has 0 radical (unpaired) electrons. The number of amides is 1. The predicted octanol–water partition coefficient (Wildman–Crippen LogP) is 4.56. The molecule has 1 aromatic heterocycles. The molecule has 172 valence electrons. The van der Waals surface area contributed by atoms with Crippen molar-refractivity contribution in [2.24, 2.45) is 0 Å². The average Bonchev–Trinajstić information content (AvgIpc) is 3.39. The molecule has 34 heavy (non-hydrogen) atoms. The van der Waals surface area contributed by atoms with Gasteiger partial charge in [0.05, 0.1) is 23.7 Å². The number of nitrogens with zero attached hydrogens (tertiary/aromatic N) is 3. The van der Waals surface area contributed by atoms with Crippen molar-refractivity contribution in [2.45, 2.75) is 19.8 Å². The molecule has 2 heterocycles. The van der Waals surface area contributed by atoms with Crippen LogP contribution in [0, 0.1) is 6.92 Å². The minimum atomic E-state index is -0.264. The Labute approximate surface area is 197 Å². The SMILES string of the molecule is COc1ccc(NC(=O)c2ccc3c(=O)n(-c4cccc(C)c4)c(N4CCCC4)nc3c2)cc1. The molecular formula is C27H26N4O3. The lowest BCUT2D eigenvalue weighted by Crippen LogP contribution is -2.30. The Morgan fingerprint density at radius 1 is 1.00 bits per heavy atom. The minimum Gasteiger partial charge on any atom is -0.497 e. The third kappa shape index (κ3) is 4.12. The van der Waals surface area contributed by atoms with Gasteiger partial charge in [-0.2, -0.15) is 0 Å². The zero-order chi connectivity index (χ0) is 23.7. The Morgan fingerprint density at radius 3 is 2.47 bits per heavy atom. The van der Waals surface area contributed by atoms with E-state index in [2.05, 4.69) is 10.2 Å². The number of hydrogen-bond acceptors (Lipinski definition) is 5. The molecule has 1 N–H and O–H groups in total. The molecule has 5 rings (SSSR count). The van der Waals surface area contributed by atoms with Gasteiger partial charge in [-0.05, 0) is 79.9 Å². The van der Waals surface area contributed by atoms with Gasteiger partial charge in [0.2, 0.25) is 5.95 Å². The topological polar surface area (TPSA) is 76.5 Å². The number of nitrogens with one attached hydrogen (secondary N) is 1. The second-order valence-corrected chi connectivity index (χ2v) is 8.50. The maximum Gasteiger partial charge on any atom is 0.267 e. The number of rotatable bonds is 5. The molecule has 4 aromatic rings. The molecule has 1 saturated heterocycles. The molecule has 7 heteroatoms. The predicted molar refractivity (Wildman–Crippen MR) is 134 cm³/mol. The Kier molecular flexibility index (Phi) is 5.76. The van der Waals surface area contributed by atoms with E-state index in [1.807, 2.05) is 31.2 Å². The molecule has 1 amide bonds. The average molecular weight is 455 g/mol. The molecule has 0 atom stereocenters. The van der Waals surface area contributed by atoms with Gasteiger partial charge in [0.15, 0.2) is 0 Å². The molecule has 1 aliphatic rings. The summed E-state index contributed by atoms with van der Waals surface area (Å²) >= 11 is 0. The van der Waals surface area contributed by atoms with E-state index in [1.165, 1.54) is 0 Å². The van der Waals surface area contributed by atoms with Crippen molar-refractivity contribution in [1.82, 2.24) is 9.55 Å². The maximum atomic E-state index is 13.6. The Hall–Kier alpha value is -4.13. The summed E-state index contributed by atoms with van der Waals surface area (Å²) in [6.45, 7) is 3.70. The van der Waals surface area contributed by atoms with Crippen LogP contribution in [0.2, 0.25) is 0 Å². The number of aromatic nitrogens is 2. The standard InChI is InChI=1S/C27H26N4O3/c1-18-6-5-7-21(16-18)31-26(33)23-13-8-19(17-24(23)29-27(31)30-14-3-4-15-30)25(32)28-20-9-11-22(34-2)12-10-20/h5-13,16-17H,3-4,14-15H2,1-2H3,(H,28,32). The smallest absolute Gasteiger partial charge is 0.267 e. The van der Waals surface area contributed by atoms with E-state index in [0.717, 1.165) is 37.2 Å². The molecule has 0 bridgehead atoms. The third-order valence-corrected chi connectivity index (χ3v) is 6.11. The summed E-state index contributed by atoms with van der Waals surface area (Å²) in [7, 11) is 1.60. The number of carbonyl (C=O) groups is 1. The summed E-state index contributed by atoms with van der Waals surface area (Å²) in [5.74, 6) is 1.07. The van der Waals surface area contributed by atoms with Crippen molar-refractivity contribution in [3.63, 3.8) is 0 Å². The van der Waals surface area contributed by atoms with Crippen molar-refractivity contribution in [1.29, 1.82) is 0 Å². The summed E-state index contributed by atoms with van der Waals surface area (Å²) in [4.78, 5) is 33.6. The largest absolute Gasteiger partial charge is 0.497 e. The number of fused-ring (bicyclic) bond motifs is 1. The summed E-state index contributed by atoms with van der Waals surface area (Å²) in [6, 6.07) is 20.0. The van der Waals surface area contributed by atoms with E-state index in [0.29, 0.717) is 33.9 Å². The van der Waals surface area contributed by atoms with Gasteiger partial charge in [0.1, 0.15) is 5.75 Å². The van der Waals surface area contributed by atoms with Gasteiger partial charge in [-0.3, -0.25) is 9.59 Å². The number of benzene rings is 3. The fourth-order valence-electron chi connectivity index (χ4n) is 4.32. The van der Waals surface area contributed by atoms with Crippen LogP contribution in [0.5, 0.6) is 5.75 Å². The van der Waals surface area contributed by atoms with Crippen LogP contribution in [0.15, 0.2) is 71.5 Å². The van der Waals surface area contributed by atoms with Crippen LogP contribution in [-0.2, 0) is 0 Å². The normalized spacial score (nSPS) is 13.3. The third-order valence-electron chi connectivity index (χ3n) is 6.11. The summed E-state index contributed by atoms with van der Waals surface area (Å²) in [6.07, 6.45) is 2.12. The highest BCUT2D eigenvalue weighted by molar-refractivity contribution is 6.06. The fourth-order valence-corrected chi connectivity index (χ4v) is 4.32. The van der Waals surface area contributed by atoms with Crippen LogP contribution in [-0.4, -0.2) is 35.7 Å². The van der Waals surface area contributed by atoms with Crippen LogP contribution in [0.4, 0.5) is 11.6 Å².